The van der Waals surface area contributed by atoms with Crippen LogP contribution in [0.5, 0.6) is 0 Å². The Morgan fingerprint density at radius 3 is 2.75 bits per heavy atom. The molecule has 110 valence electrons. The van der Waals surface area contributed by atoms with Gasteiger partial charge in [-0.1, -0.05) is 18.9 Å². The topological polar surface area (TPSA) is 58.2 Å². The number of carbonyl (C=O) groups excluding carboxylic acids is 2. The Labute approximate surface area is 124 Å². The van der Waals surface area contributed by atoms with E-state index in [1.165, 1.54) is 11.8 Å². The molecule has 0 bridgehead atoms. The van der Waals surface area contributed by atoms with Crippen molar-refractivity contribution in [1.29, 1.82) is 0 Å². The van der Waals surface area contributed by atoms with Crippen molar-refractivity contribution in [2.24, 2.45) is 5.92 Å². The second kappa shape index (κ2) is 7.43. The van der Waals surface area contributed by atoms with Gasteiger partial charge in [0.1, 0.15) is 6.04 Å². The van der Waals surface area contributed by atoms with Crippen molar-refractivity contribution in [3.8, 4) is 0 Å². The number of rotatable bonds is 6. The zero-order chi connectivity index (χ0) is 14.4. The van der Waals surface area contributed by atoms with Crippen molar-refractivity contribution in [2.45, 2.75) is 45.1 Å². The summed E-state index contributed by atoms with van der Waals surface area (Å²) < 4.78 is 0. The minimum Gasteiger partial charge on any atom is -0.354 e. The highest BCUT2D eigenvalue weighted by Gasteiger charge is 2.30. The van der Waals surface area contributed by atoms with Crippen molar-refractivity contribution >= 4 is 23.2 Å². The third-order valence-corrected chi connectivity index (χ3v) is 4.70. The summed E-state index contributed by atoms with van der Waals surface area (Å²) in [5, 5.41) is 7.81. The van der Waals surface area contributed by atoms with E-state index in [0.29, 0.717) is 12.5 Å². The van der Waals surface area contributed by atoms with Crippen molar-refractivity contribution in [1.82, 2.24) is 10.6 Å². The molecule has 2 amide bonds. The summed E-state index contributed by atoms with van der Waals surface area (Å²) in [7, 11) is 0. The second-order valence-corrected chi connectivity index (χ2v) is 6.38. The molecule has 0 spiro atoms. The zero-order valence-electron chi connectivity index (χ0n) is 11.9. The van der Waals surface area contributed by atoms with Crippen LogP contribution in [0.4, 0.5) is 0 Å². The molecule has 2 N–H and O–H groups in total. The predicted molar refractivity (Wildman–Crippen MR) is 80.6 cm³/mol. The SMILES string of the molecule is CC(=O)NC(C(=O)NCCc1cccs1)C1CCCC1. The van der Waals surface area contributed by atoms with Gasteiger partial charge in [-0.3, -0.25) is 9.59 Å². The normalized spacial score (nSPS) is 16.9. The molecule has 1 atom stereocenters. The molecule has 0 aromatic carbocycles. The van der Waals surface area contributed by atoms with Crippen LogP contribution < -0.4 is 10.6 Å². The molecule has 1 fully saturated rings. The number of thiophene rings is 1. The molecule has 1 aromatic heterocycles. The van der Waals surface area contributed by atoms with E-state index in [1.54, 1.807) is 11.3 Å². The summed E-state index contributed by atoms with van der Waals surface area (Å²) >= 11 is 1.70. The standard InChI is InChI=1S/C15H22N2O2S/c1-11(18)17-14(12-5-2-3-6-12)15(19)16-9-8-13-7-4-10-20-13/h4,7,10,12,14H,2-3,5-6,8-9H2,1H3,(H,16,19)(H,17,18). The molecule has 1 unspecified atom stereocenters. The third-order valence-electron chi connectivity index (χ3n) is 3.76. The fourth-order valence-electron chi connectivity index (χ4n) is 2.78. The van der Waals surface area contributed by atoms with Crippen molar-refractivity contribution in [2.75, 3.05) is 6.54 Å². The molecule has 0 saturated heterocycles. The van der Waals surface area contributed by atoms with Gasteiger partial charge in [0.05, 0.1) is 0 Å². The lowest BCUT2D eigenvalue weighted by Gasteiger charge is -2.23. The lowest BCUT2D eigenvalue weighted by molar-refractivity contribution is -0.129. The van der Waals surface area contributed by atoms with E-state index in [1.807, 2.05) is 11.4 Å². The lowest BCUT2D eigenvalue weighted by Crippen LogP contribution is -2.50. The molecule has 2 rings (SSSR count). The summed E-state index contributed by atoms with van der Waals surface area (Å²) in [6.07, 6.45) is 5.22. The molecule has 5 heteroatoms. The van der Waals surface area contributed by atoms with E-state index < -0.39 is 0 Å². The van der Waals surface area contributed by atoms with E-state index in [4.69, 9.17) is 0 Å². The first kappa shape index (κ1) is 15.0. The van der Waals surface area contributed by atoms with Gasteiger partial charge >= 0.3 is 0 Å². The Morgan fingerprint density at radius 1 is 1.40 bits per heavy atom. The fraction of sp³-hybridized carbons (Fsp3) is 0.600. The van der Waals surface area contributed by atoms with Crippen LogP contribution in [0, 0.1) is 5.92 Å². The third kappa shape index (κ3) is 4.34. The zero-order valence-corrected chi connectivity index (χ0v) is 12.7. The molecule has 1 heterocycles. The van der Waals surface area contributed by atoms with Gasteiger partial charge in [-0.25, -0.2) is 0 Å². The molecular formula is C15H22N2O2S. The van der Waals surface area contributed by atoms with Crippen LogP contribution >= 0.6 is 11.3 Å². The van der Waals surface area contributed by atoms with Crippen LogP contribution in [-0.4, -0.2) is 24.4 Å². The van der Waals surface area contributed by atoms with E-state index >= 15 is 0 Å². The molecule has 0 radical (unpaired) electrons. The highest BCUT2D eigenvalue weighted by Crippen LogP contribution is 2.27. The summed E-state index contributed by atoms with van der Waals surface area (Å²) in [6.45, 7) is 2.10. The second-order valence-electron chi connectivity index (χ2n) is 5.34. The molecule has 1 saturated carbocycles. The number of nitrogens with one attached hydrogen (secondary N) is 2. The molecule has 0 aliphatic heterocycles. The molecular weight excluding hydrogens is 272 g/mol. The Morgan fingerprint density at radius 2 is 2.15 bits per heavy atom. The van der Waals surface area contributed by atoms with Gasteiger partial charge in [0.15, 0.2) is 0 Å². The van der Waals surface area contributed by atoms with Crippen LogP contribution in [-0.2, 0) is 16.0 Å². The average Bonchev–Trinajstić information content (AvgIpc) is 3.08. The smallest absolute Gasteiger partial charge is 0.242 e. The highest BCUT2D eigenvalue weighted by atomic mass is 32.1. The van der Waals surface area contributed by atoms with Crippen LogP contribution in [0.25, 0.3) is 0 Å². The van der Waals surface area contributed by atoms with Crippen molar-refractivity contribution in [3.05, 3.63) is 22.4 Å². The van der Waals surface area contributed by atoms with Gasteiger partial charge in [-0.2, -0.15) is 0 Å². The van der Waals surface area contributed by atoms with Crippen molar-refractivity contribution < 1.29 is 9.59 Å². The first-order valence-corrected chi connectivity index (χ1v) is 8.12. The Bertz CT molecular complexity index is 439. The largest absolute Gasteiger partial charge is 0.354 e. The summed E-state index contributed by atoms with van der Waals surface area (Å²) in [6, 6.07) is 3.72. The van der Waals surface area contributed by atoms with Crippen LogP contribution in [0.15, 0.2) is 17.5 Å². The van der Waals surface area contributed by atoms with Gasteiger partial charge in [0.2, 0.25) is 11.8 Å². The van der Waals surface area contributed by atoms with Crippen molar-refractivity contribution in [3.63, 3.8) is 0 Å². The minimum atomic E-state index is -0.363. The van der Waals surface area contributed by atoms with Gasteiger partial charge in [-0.05, 0) is 36.6 Å². The molecule has 1 aromatic rings. The number of hydrogen-bond donors (Lipinski definition) is 2. The molecule has 4 nitrogen and oxygen atoms in total. The number of hydrogen-bond acceptors (Lipinski definition) is 3. The minimum absolute atomic E-state index is 0.0383. The Hall–Kier alpha value is -1.36. The quantitative estimate of drug-likeness (QED) is 0.844. The van der Waals surface area contributed by atoms with E-state index in [9.17, 15) is 9.59 Å². The maximum Gasteiger partial charge on any atom is 0.242 e. The van der Waals surface area contributed by atoms with E-state index in [2.05, 4.69) is 16.7 Å². The Balaban J connectivity index is 1.83. The maximum absolute atomic E-state index is 12.3. The fourth-order valence-corrected chi connectivity index (χ4v) is 3.49. The average molecular weight is 294 g/mol. The monoisotopic (exact) mass is 294 g/mol. The van der Waals surface area contributed by atoms with E-state index in [-0.39, 0.29) is 17.9 Å². The summed E-state index contributed by atoms with van der Waals surface area (Å²) in [5.74, 6) is 0.125. The first-order chi connectivity index (χ1) is 9.66. The van der Waals surface area contributed by atoms with Crippen LogP contribution in [0.3, 0.4) is 0 Å². The van der Waals surface area contributed by atoms with Crippen LogP contribution in [0.1, 0.15) is 37.5 Å². The predicted octanol–water partition coefficient (Wildman–Crippen LogP) is 2.10. The summed E-state index contributed by atoms with van der Waals surface area (Å²) in [5.41, 5.74) is 0. The number of carbonyl (C=O) groups is 2. The Kier molecular flexibility index (Phi) is 5.59. The van der Waals surface area contributed by atoms with E-state index in [0.717, 1.165) is 32.1 Å². The van der Waals surface area contributed by atoms with Gasteiger partial charge in [0.25, 0.3) is 0 Å². The van der Waals surface area contributed by atoms with Gasteiger partial charge in [-0.15, -0.1) is 11.3 Å². The molecule has 1 aliphatic carbocycles. The first-order valence-electron chi connectivity index (χ1n) is 7.24. The lowest BCUT2D eigenvalue weighted by atomic mass is 9.97. The number of amides is 2. The van der Waals surface area contributed by atoms with Gasteiger partial charge in [0, 0.05) is 18.3 Å². The summed E-state index contributed by atoms with van der Waals surface area (Å²) in [4.78, 5) is 24.8. The molecule has 1 aliphatic rings. The molecule has 20 heavy (non-hydrogen) atoms. The maximum atomic E-state index is 12.3. The van der Waals surface area contributed by atoms with Gasteiger partial charge < -0.3 is 10.6 Å². The highest BCUT2D eigenvalue weighted by molar-refractivity contribution is 7.09. The van der Waals surface area contributed by atoms with Crippen LogP contribution in [0.2, 0.25) is 0 Å².